The van der Waals surface area contributed by atoms with E-state index >= 15 is 0 Å². The van der Waals surface area contributed by atoms with Gasteiger partial charge >= 0.3 is 0 Å². The summed E-state index contributed by atoms with van der Waals surface area (Å²) in [6.07, 6.45) is 6.97. The average molecular weight is 468 g/mol. The van der Waals surface area contributed by atoms with Crippen LogP contribution in [0.25, 0.3) is 16.6 Å². The lowest BCUT2D eigenvalue weighted by Gasteiger charge is -2.36. The maximum Gasteiger partial charge on any atom is 0.225 e. The van der Waals surface area contributed by atoms with Crippen LogP contribution in [0.15, 0.2) is 66.9 Å². The predicted molar refractivity (Wildman–Crippen MR) is 136 cm³/mol. The highest BCUT2D eigenvalue weighted by Crippen LogP contribution is 2.36. The van der Waals surface area contributed by atoms with Crippen LogP contribution in [0.1, 0.15) is 43.7 Å². The molecule has 178 valence electrons. The van der Waals surface area contributed by atoms with E-state index in [9.17, 15) is 4.79 Å². The lowest BCUT2D eigenvalue weighted by atomic mass is 9.83. The van der Waals surface area contributed by atoms with Gasteiger partial charge in [0.2, 0.25) is 5.91 Å². The summed E-state index contributed by atoms with van der Waals surface area (Å²) in [4.78, 5) is 19.3. The zero-order chi connectivity index (χ0) is 23.8. The van der Waals surface area contributed by atoms with E-state index in [1.807, 2.05) is 65.3 Å². The van der Waals surface area contributed by atoms with E-state index in [0.717, 1.165) is 66.0 Å². The monoisotopic (exact) mass is 467 g/mol. The minimum Gasteiger partial charge on any atom is -0.457 e. The minimum atomic E-state index is 0.180. The molecule has 1 amide bonds. The third-order valence-corrected chi connectivity index (χ3v) is 7.28. The van der Waals surface area contributed by atoms with Gasteiger partial charge in [-0.05, 0) is 68.1 Å². The maximum absolute atomic E-state index is 12.9. The van der Waals surface area contributed by atoms with E-state index in [-0.39, 0.29) is 11.8 Å². The molecule has 4 aromatic rings. The molecule has 1 saturated carbocycles. The van der Waals surface area contributed by atoms with Crippen molar-refractivity contribution in [1.29, 1.82) is 0 Å². The van der Waals surface area contributed by atoms with Crippen LogP contribution in [-0.2, 0) is 4.79 Å². The molecular formula is C28H29N5O2. The van der Waals surface area contributed by atoms with Crippen LogP contribution in [0.3, 0.4) is 0 Å². The van der Waals surface area contributed by atoms with Crippen LogP contribution in [0.4, 0.5) is 5.82 Å². The quantitative estimate of drug-likeness (QED) is 0.430. The molecule has 1 aliphatic heterocycles. The number of carbonyl (C=O) groups is 1. The Morgan fingerprint density at radius 2 is 1.71 bits per heavy atom. The van der Waals surface area contributed by atoms with Crippen molar-refractivity contribution >= 4 is 22.6 Å². The van der Waals surface area contributed by atoms with E-state index in [2.05, 4.69) is 9.88 Å². The highest BCUT2D eigenvalue weighted by molar-refractivity contribution is 5.91. The van der Waals surface area contributed by atoms with Gasteiger partial charge in [-0.1, -0.05) is 24.6 Å². The zero-order valence-corrected chi connectivity index (χ0v) is 19.6. The molecule has 2 N–H and O–H groups in total. The van der Waals surface area contributed by atoms with Gasteiger partial charge in [0.15, 0.2) is 0 Å². The van der Waals surface area contributed by atoms with Crippen LogP contribution in [0, 0.1) is 5.92 Å². The van der Waals surface area contributed by atoms with Crippen molar-refractivity contribution in [2.24, 2.45) is 5.92 Å². The lowest BCUT2D eigenvalue weighted by Crippen LogP contribution is -2.44. The molecule has 2 aliphatic rings. The van der Waals surface area contributed by atoms with Crippen LogP contribution in [0.5, 0.6) is 11.5 Å². The Hall–Kier alpha value is -3.87. The Bertz CT molecular complexity index is 1350. The molecule has 35 heavy (non-hydrogen) atoms. The van der Waals surface area contributed by atoms with E-state index in [4.69, 9.17) is 15.6 Å². The number of para-hydroxylation sites is 1. The summed E-state index contributed by atoms with van der Waals surface area (Å²) >= 11 is 0. The smallest absolute Gasteiger partial charge is 0.225 e. The number of amides is 1. The fraction of sp³-hybridized carbons (Fsp3) is 0.321. The number of likely N-dealkylation sites (tertiary alicyclic amines) is 1. The van der Waals surface area contributed by atoms with Gasteiger partial charge in [-0.2, -0.15) is 5.10 Å². The molecule has 1 aliphatic carbocycles. The van der Waals surface area contributed by atoms with Gasteiger partial charge in [-0.25, -0.2) is 9.67 Å². The first-order chi connectivity index (χ1) is 17.2. The number of piperidine rings is 1. The number of ether oxygens (including phenoxy) is 1. The van der Waals surface area contributed by atoms with Gasteiger partial charge in [0.1, 0.15) is 22.8 Å². The van der Waals surface area contributed by atoms with E-state index < -0.39 is 0 Å². The molecule has 0 radical (unpaired) electrons. The maximum atomic E-state index is 12.9. The first-order valence-corrected chi connectivity index (χ1v) is 12.4. The molecule has 7 heteroatoms. The normalized spacial score (nSPS) is 18.4. The molecule has 0 unspecified atom stereocenters. The van der Waals surface area contributed by atoms with Crippen molar-refractivity contribution in [3.63, 3.8) is 0 Å². The SMILES string of the molecule is Nc1nccc2c([C@@H]3CCCN(C(=O)C4CCC4)C3)nn(-c3ccc(Oc4ccccc4)cc3)c12. The summed E-state index contributed by atoms with van der Waals surface area (Å²) in [5.41, 5.74) is 9.04. The summed E-state index contributed by atoms with van der Waals surface area (Å²) in [6, 6.07) is 19.5. The second kappa shape index (κ2) is 9.06. The second-order valence-corrected chi connectivity index (χ2v) is 9.55. The van der Waals surface area contributed by atoms with Crippen LogP contribution in [-0.4, -0.2) is 38.7 Å². The molecule has 6 rings (SSSR count). The Balaban J connectivity index is 1.31. The Kier molecular flexibility index (Phi) is 5.60. The third kappa shape index (κ3) is 4.11. The van der Waals surface area contributed by atoms with Crippen LogP contribution in [0.2, 0.25) is 0 Å². The van der Waals surface area contributed by atoms with Gasteiger partial charge in [0.25, 0.3) is 0 Å². The number of hydrogen-bond donors (Lipinski definition) is 1. The van der Waals surface area contributed by atoms with Crippen LogP contribution >= 0.6 is 0 Å². The summed E-state index contributed by atoms with van der Waals surface area (Å²) in [5, 5.41) is 6.05. The molecule has 2 aromatic heterocycles. The number of aromatic nitrogens is 3. The average Bonchev–Trinajstić information content (AvgIpc) is 3.25. The summed E-state index contributed by atoms with van der Waals surface area (Å²) < 4.78 is 7.83. The zero-order valence-electron chi connectivity index (χ0n) is 19.6. The molecule has 3 heterocycles. The van der Waals surface area contributed by atoms with E-state index in [1.54, 1.807) is 6.20 Å². The molecular weight excluding hydrogens is 438 g/mol. The first kappa shape index (κ1) is 21.6. The Labute approximate surface area is 204 Å². The fourth-order valence-electron chi connectivity index (χ4n) is 5.19. The molecule has 7 nitrogen and oxygen atoms in total. The lowest BCUT2D eigenvalue weighted by molar-refractivity contribution is -0.139. The van der Waals surface area contributed by atoms with Crippen molar-refractivity contribution in [2.45, 2.75) is 38.0 Å². The number of pyridine rings is 1. The Morgan fingerprint density at radius 3 is 2.46 bits per heavy atom. The molecule has 2 aromatic carbocycles. The van der Waals surface area contributed by atoms with Crippen molar-refractivity contribution < 1.29 is 9.53 Å². The molecule has 0 spiro atoms. The van der Waals surface area contributed by atoms with E-state index in [0.29, 0.717) is 18.3 Å². The summed E-state index contributed by atoms with van der Waals surface area (Å²) in [5.74, 6) is 2.71. The highest BCUT2D eigenvalue weighted by atomic mass is 16.5. The first-order valence-electron chi connectivity index (χ1n) is 12.4. The minimum absolute atomic E-state index is 0.180. The van der Waals surface area contributed by atoms with Crippen LogP contribution < -0.4 is 10.5 Å². The van der Waals surface area contributed by atoms with Gasteiger partial charge < -0.3 is 15.4 Å². The number of hydrogen-bond acceptors (Lipinski definition) is 5. The highest BCUT2D eigenvalue weighted by Gasteiger charge is 2.34. The predicted octanol–water partition coefficient (Wildman–Crippen LogP) is 5.30. The third-order valence-electron chi connectivity index (χ3n) is 7.28. The molecule has 1 atom stereocenters. The number of nitrogens with two attached hydrogens (primary N) is 1. The molecule has 2 fully saturated rings. The van der Waals surface area contributed by atoms with Crippen molar-refractivity contribution in [3.05, 3.63) is 72.6 Å². The largest absolute Gasteiger partial charge is 0.457 e. The fourth-order valence-corrected chi connectivity index (χ4v) is 5.19. The number of benzene rings is 2. The van der Waals surface area contributed by atoms with Crippen molar-refractivity contribution in [3.8, 4) is 17.2 Å². The number of rotatable bonds is 5. The molecule has 0 bridgehead atoms. The van der Waals surface area contributed by atoms with Gasteiger partial charge in [0.05, 0.1) is 11.4 Å². The van der Waals surface area contributed by atoms with Crippen molar-refractivity contribution in [2.75, 3.05) is 18.8 Å². The van der Waals surface area contributed by atoms with E-state index in [1.165, 1.54) is 6.42 Å². The van der Waals surface area contributed by atoms with Crippen molar-refractivity contribution in [1.82, 2.24) is 19.7 Å². The standard InChI is InChI=1S/C28H29N5O2/c29-27-26-24(15-16-30-27)25(20-8-5-17-32(18-20)28(34)19-6-4-7-19)31-33(26)21-11-13-23(14-12-21)35-22-9-2-1-3-10-22/h1-3,9-16,19-20H,4-8,17-18H2,(H2,29,30)/t20-/m1/s1. The number of fused-ring (bicyclic) bond motifs is 1. The molecule has 1 saturated heterocycles. The summed E-state index contributed by atoms with van der Waals surface area (Å²) in [6.45, 7) is 1.56. The number of carbonyl (C=O) groups excluding carboxylic acids is 1. The number of nitrogen functional groups attached to an aromatic ring is 1. The Morgan fingerprint density at radius 1 is 0.943 bits per heavy atom. The number of anilines is 1. The summed E-state index contributed by atoms with van der Waals surface area (Å²) in [7, 11) is 0. The van der Waals surface area contributed by atoms with Gasteiger partial charge in [-0.15, -0.1) is 0 Å². The topological polar surface area (TPSA) is 86.3 Å². The second-order valence-electron chi connectivity index (χ2n) is 9.55. The van der Waals surface area contributed by atoms with Gasteiger partial charge in [-0.3, -0.25) is 4.79 Å². The van der Waals surface area contributed by atoms with Gasteiger partial charge in [0, 0.05) is 36.5 Å². The number of nitrogens with zero attached hydrogens (tertiary/aromatic N) is 4.